The van der Waals surface area contributed by atoms with Gasteiger partial charge in [-0.05, 0) is 32.4 Å². The molecular formula is C22H19NO4. The molecule has 0 saturated heterocycles. The van der Waals surface area contributed by atoms with Crippen molar-refractivity contribution in [3.8, 4) is 6.07 Å². The highest BCUT2D eigenvalue weighted by Crippen LogP contribution is 2.24. The molecule has 0 heterocycles. The average molecular weight is 361 g/mol. The van der Waals surface area contributed by atoms with E-state index in [9.17, 15) is 19.2 Å². The molecule has 0 radical (unpaired) electrons. The van der Waals surface area contributed by atoms with Crippen LogP contribution >= 0.6 is 0 Å². The Morgan fingerprint density at radius 1 is 0.778 bits per heavy atom. The molecule has 0 fully saturated rings. The normalized spacial score (nSPS) is 11.5. The summed E-state index contributed by atoms with van der Waals surface area (Å²) in [5.74, 6) is -3.82. The third kappa shape index (κ3) is 4.83. The molecule has 0 spiro atoms. The van der Waals surface area contributed by atoms with Crippen LogP contribution in [0.4, 0.5) is 0 Å². The van der Waals surface area contributed by atoms with Crippen molar-refractivity contribution >= 4 is 23.1 Å². The Balaban J connectivity index is 2.43. The quantitative estimate of drug-likeness (QED) is 0.530. The second-order valence-electron chi connectivity index (χ2n) is 6.35. The summed E-state index contributed by atoms with van der Waals surface area (Å²) < 4.78 is 0. The van der Waals surface area contributed by atoms with Gasteiger partial charge in [-0.1, -0.05) is 42.5 Å². The molecule has 5 nitrogen and oxygen atoms in total. The van der Waals surface area contributed by atoms with Crippen molar-refractivity contribution in [2.45, 2.75) is 20.3 Å². The van der Waals surface area contributed by atoms with E-state index < -0.39 is 23.4 Å². The number of benzene rings is 2. The number of nitriles is 1. The van der Waals surface area contributed by atoms with Crippen molar-refractivity contribution in [1.29, 1.82) is 5.26 Å². The lowest BCUT2D eigenvalue weighted by Crippen LogP contribution is -2.31. The maximum Gasteiger partial charge on any atom is 0.173 e. The molecule has 1 atom stereocenters. The van der Waals surface area contributed by atoms with Gasteiger partial charge in [-0.2, -0.15) is 5.26 Å². The molecule has 0 saturated carbocycles. The van der Waals surface area contributed by atoms with Crippen LogP contribution < -0.4 is 0 Å². The fourth-order valence-electron chi connectivity index (χ4n) is 2.90. The molecule has 0 aromatic heterocycles. The van der Waals surface area contributed by atoms with Crippen LogP contribution in [0.2, 0.25) is 0 Å². The number of ketones is 4. The third-order valence-electron chi connectivity index (χ3n) is 4.44. The van der Waals surface area contributed by atoms with Gasteiger partial charge in [-0.15, -0.1) is 0 Å². The van der Waals surface area contributed by atoms with Gasteiger partial charge >= 0.3 is 0 Å². The van der Waals surface area contributed by atoms with Gasteiger partial charge < -0.3 is 0 Å². The summed E-state index contributed by atoms with van der Waals surface area (Å²) in [6.07, 6.45) is -0.169. The standard InChI is InChI=1S/C22H19NO4/c1-14(24)19(15(2)25)12-20(21(26)17-6-4-3-5-7-17)22(27)18-10-8-16(13-23)9-11-18/h3-11,19-20H,12H2,1-2H3. The van der Waals surface area contributed by atoms with Gasteiger partial charge in [0.15, 0.2) is 11.6 Å². The third-order valence-corrected chi connectivity index (χ3v) is 4.44. The summed E-state index contributed by atoms with van der Waals surface area (Å²) in [5.41, 5.74) is 0.993. The second kappa shape index (κ2) is 8.81. The van der Waals surface area contributed by atoms with E-state index in [2.05, 4.69) is 0 Å². The van der Waals surface area contributed by atoms with Crippen LogP contribution in [0.15, 0.2) is 54.6 Å². The highest BCUT2D eigenvalue weighted by molar-refractivity contribution is 6.16. The molecule has 5 heteroatoms. The van der Waals surface area contributed by atoms with Gasteiger partial charge in [0.2, 0.25) is 0 Å². The first-order valence-electron chi connectivity index (χ1n) is 8.49. The van der Waals surface area contributed by atoms with Gasteiger partial charge in [0.1, 0.15) is 11.6 Å². The maximum atomic E-state index is 13.0. The maximum absolute atomic E-state index is 13.0. The van der Waals surface area contributed by atoms with Crippen LogP contribution in [0.3, 0.4) is 0 Å². The summed E-state index contributed by atoms with van der Waals surface area (Å²) in [6.45, 7) is 2.56. The van der Waals surface area contributed by atoms with Crippen molar-refractivity contribution < 1.29 is 19.2 Å². The molecule has 0 N–H and O–H groups in total. The summed E-state index contributed by atoms with van der Waals surface area (Å²) in [5, 5.41) is 8.89. The second-order valence-corrected chi connectivity index (χ2v) is 6.35. The SMILES string of the molecule is CC(=O)C(CC(C(=O)c1ccccc1)C(=O)c1ccc(C#N)cc1)C(C)=O. The highest BCUT2D eigenvalue weighted by atomic mass is 16.2. The predicted molar refractivity (Wildman–Crippen MR) is 99.2 cm³/mol. The van der Waals surface area contributed by atoms with Crippen molar-refractivity contribution in [2.75, 3.05) is 0 Å². The topological polar surface area (TPSA) is 92.1 Å². The van der Waals surface area contributed by atoms with E-state index in [0.29, 0.717) is 11.1 Å². The number of hydrogen-bond donors (Lipinski definition) is 0. The predicted octanol–water partition coefficient (Wildman–Crippen LogP) is 3.42. The Labute approximate surface area is 157 Å². The monoisotopic (exact) mass is 361 g/mol. The first kappa shape index (κ1) is 19.9. The van der Waals surface area contributed by atoms with Crippen molar-refractivity contribution in [1.82, 2.24) is 0 Å². The van der Waals surface area contributed by atoms with Gasteiger partial charge in [-0.25, -0.2) is 0 Å². The van der Waals surface area contributed by atoms with Crippen molar-refractivity contribution in [3.63, 3.8) is 0 Å². The largest absolute Gasteiger partial charge is 0.299 e. The lowest BCUT2D eigenvalue weighted by Gasteiger charge is -2.19. The molecule has 1 unspecified atom stereocenters. The fraction of sp³-hybridized carbons (Fsp3) is 0.227. The van der Waals surface area contributed by atoms with Crippen molar-refractivity contribution in [3.05, 3.63) is 71.3 Å². The Hall–Kier alpha value is -3.39. The van der Waals surface area contributed by atoms with Crippen molar-refractivity contribution in [2.24, 2.45) is 11.8 Å². The number of hydrogen-bond acceptors (Lipinski definition) is 5. The Morgan fingerprint density at radius 2 is 1.26 bits per heavy atom. The molecule has 0 amide bonds. The van der Waals surface area contributed by atoms with E-state index in [0.717, 1.165) is 0 Å². The summed E-state index contributed by atoms with van der Waals surface area (Å²) >= 11 is 0. The minimum atomic E-state index is -1.15. The molecular weight excluding hydrogens is 342 g/mol. The van der Waals surface area contributed by atoms with Crippen LogP contribution in [0.5, 0.6) is 0 Å². The first-order chi connectivity index (χ1) is 12.8. The smallest absolute Gasteiger partial charge is 0.173 e. The fourth-order valence-corrected chi connectivity index (χ4v) is 2.90. The van der Waals surface area contributed by atoms with E-state index in [-0.39, 0.29) is 23.6 Å². The highest BCUT2D eigenvalue weighted by Gasteiger charge is 2.34. The molecule has 0 aliphatic carbocycles. The molecule has 0 aliphatic rings. The van der Waals surface area contributed by atoms with E-state index >= 15 is 0 Å². The molecule has 2 rings (SSSR count). The van der Waals surface area contributed by atoms with E-state index in [4.69, 9.17) is 5.26 Å². The van der Waals surface area contributed by atoms with E-state index in [1.807, 2.05) is 6.07 Å². The molecule has 0 aliphatic heterocycles. The van der Waals surface area contributed by atoms with Gasteiger partial charge in [0.05, 0.1) is 23.5 Å². The average Bonchev–Trinajstić information content (AvgIpc) is 2.68. The van der Waals surface area contributed by atoms with E-state index in [1.165, 1.54) is 38.1 Å². The lowest BCUT2D eigenvalue weighted by atomic mass is 9.80. The number of carbonyl (C=O) groups is 4. The van der Waals surface area contributed by atoms with Crippen LogP contribution in [-0.4, -0.2) is 23.1 Å². The van der Waals surface area contributed by atoms with Gasteiger partial charge in [-0.3, -0.25) is 19.2 Å². The number of Topliss-reactive ketones (excluding diaryl/α,β-unsaturated/α-hetero) is 4. The summed E-state index contributed by atoms with van der Waals surface area (Å²) in [4.78, 5) is 49.7. The zero-order chi connectivity index (χ0) is 20.0. The number of rotatable bonds is 8. The minimum Gasteiger partial charge on any atom is -0.299 e. The Bertz CT molecular complexity index is 894. The molecule has 2 aromatic carbocycles. The first-order valence-corrected chi connectivity index (χ1v) is 8.49. The lowest BCUT2D eigenvalue weighted by molar-refractivity contribution is -0.130. The number of nitrogens with zero attached hydrogens (tertiary/aromatic N) is 1. The van der Waals surface area contributed by atoms with Crippen LogP contribution in [0, 0.1) is 23.2 Å². The van der Waals surface area contributed by atoms with Gasteiger partial charge in [0, 0.05) is 11.1 Å². The molecule has 136 valence electrons. The van der Waals surface area contributed by atoms with Crippen LogP contribution in [0.25, 0.3) is 0 Å². The minimum absolute atomic E-state index is 0.169. The zero-order valence-electron chi connectivity index (χ0n) is 15.1. The van der Waals surface area contributed by atoms with E-state index in [1.54, 1.807) is 30.3 Å². The van der Waals surface area contributed by atoms with Crippen LogP contribution in [-0.2, 0) is 9.59 Å². The summed E-state index contributed by atoms with van der Waals surface area (Å²) in [6, 6.07) is 16.2. The zero-order valence-corrected chi connectivity index (χ0v) is 15.1. The Morgan fingerprint density at radius 3 is 1.70 bits per heavy atom. The molecule has 27 heavy (non-hydrogen) atoms. The summed E-state index contributed by atoms with van der Waals surface area (Å²) in [7, 11) is 0. The Kier molecular flexibility index (Phi) is 6.51. The molecule has 0 bridgehead atoms. The van der Waals surface area contributed by atoms with Gasteiger partial charge in [0.25, 0.3) is 0 Å². The number of carbonyl (C=O) groups excluding carboxylic acids is 4. The van der Waals surface area contributed by atoms with Crippen LogP contribution in [0.1, 0.15) is 46.5 Å². The molecule has 2 aromatic rings.